The maximum absolute atomic E-state index is 4.92. The third kappa shape index (κ3) is 10.8. The summed E-state index contributed by atoms with van der Waals surface area (Å²) in [5.74, 6) is 4.28. The highest BCUT2D eigenvalue weighted by atomic mass is 14.7. The molecule has 0 heterocycles. The Morgan fingerprint density at radius 1 is 0.980 bits per heavy atom. The van der Waals surface area contributed by atoms with Crippen LogP contribution in [0.15, 0.2) is 89.0 Å². The highest BCUT2D eigenvalue weighted by molar-refractivity contribution is 5.77. The number of nitrogens with zero attached hydrogens (tertiary/aromatic N) is 1. The Labute approximate surface area is 311 Å². The van der Waals surface area contributed by atoms with Crippen molar-refractivity contribution in [3.8, 4) is 0 Å². The van der Waals surface area contributed by atoms with Crippen LogP contribution < -0.4 is 0 Å². The highest BCUT2D eigenvalue weighted by Gasteiger charge is 2.53. The minimum Gasteiger partial charge on any atom is -0.292 e. The van der Waals surface area contributed by atoms with Gasteiger partial charge in [0.2, 0.25) is 0 Å². The Hall–Kier alpha value is -2.41. The van der Waals surface area contributed by atoms with E-state index in [1.54, 1.807) is 22.3 Å². The average Bonchev–Trinajstić information content (AvgIpc) is 3.38. The van der Waals surface area contributed by atoms with Crippen molar-refractivity contribution in [2.24, 2.45) is 40.5 Å². The van der Waals surface area contributed by atoms with Gasteiger partial charge in [-0.05, 0) is 136 Å². The van der Waals surface area contributed by atoms with Gasteiger partial charge in [0.15, 0.2) is 0 Å². The molecule has 50 heavy (non-hydrogen) atoms. The van der Waals surface area contributed by atoms with E-state index < -0.39 is 0 Å². The third-order valence-electron chi connectivity index (χ3n) is 12.9. The number of hydrogen-bond acceptors (Lipinski definition) is 1. The summed E-state index contributed by atoms with van der Waals surface area (Å²) >= 11 is 0. The molecule has 0 amide bonds. The van der Waals surface area contributed by atoms with Crippen LogP contribution in [0.3, 0.4) is 0 Å². The summed E-state index contributed by atoms with van der Waals surface area (Å²) in [6, 6.07) is 9.54. The Kier molecular flexibility index (Phi) is 18.3. The van der Waals surface area contributed by atoms with E-state index in [4.69, 9.17) is 4.99 Å². The van der Waals surface area contributed by atoms with Crippen molar-refractivity contribution < 1.29 is 0 Å². The maximum atomic E-state index is 4.92. The summed E-state index contributed by atoms with van der Waals surface area (Å²) < 4.78 is 0. The van der Waals surface area contributed by atoms with Crippen LogP contribution in [-0.2, 0) is 5.41 Å². The first kappa shape index (κ1) is 42.0. The van der Waals surface area contributed by atoms with Gasteiger partial charge >= 0.3 is 0 Å². The Morgan fingerprint density at radius 3 is 2.48 bits per heavy atom. The van der Waals surface area contributed by atoms with Crippen molar-refractivity contribution >= 4 is 6.21 Å². The number of benzene rings is 1. The lowest BCUT2D eigenvalue weighted by molar-refractivity contribution is 0.176. The standard InChI is InChI=1S/C49H77N/c1-11-15-19-24-37(5)35-50-36-43-27-23-28-44(34-43)41(9)45(29-18-14-4)38(6)32-33-47-42(10)46-30-21-22-31-48(46)49(47,39(7)25-17-13-3)40(8)26-20-16-12-2/h14,16,20-22,24-25,30-31,34-35,38,40-43,45,47H,4,11-13,15,17-19,23,26-29,32-33,36H2,1-3,5-10H3/b20-16-,37-24+,39-25+,50-35?/t38-,40?,41?,42-,43+,45?,47?,49?/m0/s1. The lowest BCUT2D eigenvalue weighted by atomic mass is 9.58. The molecular weight excluding hydrogens is 603 g/mol. The van der Waals surface area contributed by atoms with Gasteiger partial charge in [0.25, 0.3) is 0 Å². The molecule has 278 valence electrons. The van der Waals surface area contributed by atoms with Crippen LogP contribution in [0.4, 0.5) is 0 Å². The van der Waals surface area contributed by atoms with Crippen molar-refractivity contribution in [2.75, 3.05) is 6.54 Å². The molecule has 0 aromatic heterocycles. The first-order valence-corrected chi connectivity index (χ1v) is 21.1. The van der Waals surface area contributed by atoms with Gasteiger partial charge in [-0.3, -0.25) is 4.99 Å². The highest BCUT2D eigenvalue weighted by Crippen LogP contribution is 2.60. The second-order valence-electron chi connectivity index (χ2n) is 16.4. The van der Waals surface area contributed by atoms with Crippen molar-refractivity contribution in [1.82, 2.24) is 0 Å². The molecule has 2 aliphatic rings. The molecule has 0 aliphatic heterocycles. The first-order chi connectivity index (χ1) is 24.2. The molecule has 1 nitrogen and oxygen atoms in total. The van der Waals surface area contributed by atoms with Crippen molar-refractivity contribution in [3.63, 3.8) is 0 Å². The molecule has 0 saturated carbocycles. The van der Waals surface area contributed by atoms with Crippen LogP contribution in [0, 0.1) is 35.5 Å². The molecule has 1 heteroatoms. The number of unbranched alkanes of at least 4 members (excludes halogenated alkanes) is 3. The summed E-state index contributed by atoms with van der Waals surface area (Å²) in [5.41, 5.74) is 7.96. The van der Waals surface area contributed by atoms with Crippen LogP contribution >= 0.6 is 0 Å². The van der Waals surface area contributed by atoms with E-state index in [2.05, 4.69) is 136 Å². The van der Waals surface area contributed by atoms with Crippen LogP contribution in [0.2, 0.25) is 0 Å². The normalized spacial score (nSPS) is 25.5. The molecule has 0 radical (unpaired) electrons. The number of fused-ring (bicyclic) bond motifs is 1. The van der Waals surface area contributed by atoms with E-state index in [-0.39, 0.29) is 5.41 Å². The van der Waals surface area contributed by atoms with Gasteiger partial charge in [0, 0.05) is 18.2 Å². The predicted octanol–water partition coefficient (Wildman–Crippen LogP) is 15.0. The van der Waals surface area contributed by atoms with Crippen LogP contribution in [-0.4, -0.2) is 12.8 Å². The summed E-state index contributed by atoms with van der Waals surface area (Å²) in [7, 11) is 0. The van der Waals surface area contributed by atoms with Gasteiger partial charge in [0.05, 0.1) is 0 Å². The lowest BCUT2D eigenvalue weighted by Crippen LogP contribution is -2.41. The molecule has 0 spiro atoms. The molecule has 8 atom stereocenters. The second kappa shape index (κ2) is 21.8. The van der Waals surface area contributed by atoms with Crippen LogP contribution in [0.25, 0.3) is 0 Å². The van der Waals surface area contributed by atoms with Gasteiger partial charge in [-0.1, -0.05) is 146 Å². The zero-order valence-corrected chi connectivity index (χ0v) is 34.2. The molecule has 0 fully saturated rings. The van der Waals surface area contributed by atoms with E-state index in [1.165, 1.54) is 76.2 Å². The van der Waals surface area contributed by atoms with Gasteiger partial charge in [-0.2, -0.15) is 0 Å². The zero-order chi connectivity index (χ0) is 36.5. The molecular formula is C49H77N. The summed E-state index contributed by atoms with van der Waals surface area (Å²) in [4.78, 5) is 4.92. The quantitative estimate of drug-likeness (QED) is 0.0657. The largest absolute Gasteiger partial charge is 0.292 e. The molecule has 0 N–H and O–H groups in total. The topological polar surface area (TPSA) is 12.4 Å². The fourth-order valence-corrected chi connectivity index (χ4v) is 10.0. The predicted molar refractivity (Wildman–Crippen MR) is 224 cm³/mol. The molecule has 2 aliphatic carbocycles. The number of allylic oxidation sites excluding steroid dienone is 8. The van der Waals surface area contributed by atoms with E-state index in [1.807, 2.05) is 0 Å². The number of hydrogen-bond donors (Lipinski definition) is 0. The van der Waals surface area contributed by atoms with E-state index >= 15 is 0 Å². The first-order valence-electron chi connectivity index (χ1n) is 21.1. The smallest absolute Gasteiger partial charge is 0.0452 e. The Balaban J connectivity index is 1.87. The Morgan fingerprint density at radius 2 is 1.76 bits per heavy atom. The molecule has 3 rings (SSSR count). The van der Waals surface area contributed by atoms with Crippen LogP contribution in [0.1, 0.15) is 169 Å². The Bertz CT molecular complexity index is 1300. The van der Waals surface area contributed by atoms with Crippen molar-refractivity contribution in [3.05, 3.63) is 95.1 Å². The monoisotopic (exact) mass is 680 g/mol. The summed E-state index contributed by atoms with van der Waals surface area (Å²) in [6.45, 7) is 26.9. The number of aliphatic imine (C=N–C) groups is 1. The summed E-state index contributed by atoms with van der Waals surface area (Å²) in [6.07, 6.45) is 33.8. The van der Waals surface area contributed by atoms with Crippen molar-refractivity contribution in [2.45, 2.75) is 164 Å². The molecule has 1 aromatic rings. The molecule has 0 bridgehead atoms. The minimum atomic E-state index is 0.0917. The lowest BCUT2D eigenvalue weighted by Gasteiger charge is -2.45. The minimum absolute atomic E-state index is 0.0917. The fourth-order valence-electron chi connectivity index (χ4n) is 10.0. The number of rotatable bonds is 22. The second-order valence-corrected chi connectivity index (χ2v) is 16.4. The van der Waals surface area contributed by atoms with Gasteiger partial charge in [-0.15, -0.1) is 6.58 Å². The summed E-state index contributed by atoms with van der Waals surface area (Å²) in [5, 5.41) is 0. The zero-order valence-electron chi connectivity index (χ0n) is 34.2. The molecule has 0 saturated heterocycles. The maximum Gasteiger partial charge on any atom is 0.0452 e. The van der Waals surface area contributed by atoms with Crippen LogP contribution in [0.5, 0.6) is 0 Å². The van der Waals surface area contributed by atoms with E-state index in [9.17, 15) is 0 Å². The van der Waals surface area contributed by atoms with Gasteiger partial charge in [-0.25, -0.2) is 0 Å². The van der Waals surface area contributed by atoms with E-state index in [0.717, 1.165) is 25.8 Å². The van der Waals surface area contributed by atoms with Crippen molar-refractivity contribution in [1.29, 1.82) is 0 Å². The third-order valence-corrected chi connectivity index (χ3v) is 12.9. The van der Waals surface area contributed by atoms with E-state index in [0.29, 0.717) is 41.4 Å². The molecule has 1 aromatic carbocycles. The fraction of sp³-hybridized carbons (Fsp3) is 0.653. The van der Waals surface area contributed by atoms with Gasteiger partial charge in [0.1, 0.15) is 0 Å². The molecule has 5 unspecified atom stereocenters. The van der Waals surface area contributed by atoms with Gasteiger partial charge < -0.3 is 0 Å². The SMILES string of the molecule is C=CCCC(C(C)C1=C[C@H](CN=C/C(C)=C/CCCC)CCC1)[C@@H](C)CCC1[C@@H](C)c2ccccc2C1(/C(C)=C/CCC)C(C)C/C=C\CC. The average molecular weight is 680 g/mol.